The Kier molecular flexibility index (Phi) is 3.75. The Morgan fingerprint density at radius 3 is 1.04 bits per heavy atom. The molecule has 0 spiro atoms. The molecule has 2 aliphatic rings. The standard InChI is InChI=1S/C13H11F13/c1-6(2)4-5(9(17,18)11(21,22)7(6,3)14)10(19,20)13(25,26)12(23,24)8(4,15)16/h4-5H,1-3H3. The second kappa shape index (κ2) is 4.56. The lowest BCUT2D eigenvalue weighted by atomic mass is 9.48. The molecule has 3 unspecified atom stereocenters. The molecule has 2 fully saturated rings. The number of alkyl halides is 13. The first-order valence-electron chi connectivity index (χ1n) is 6.94. The van der Waals surface area contributed by atoms with Gasteiger partial charge in [-0.15, -0.1) is 0 Å². The van der Waals surface area contributed by atoms with Gasteiger partial charge in [-0.05, 0) is 6.92 Å². The van der Waals surface area contributed by atoms with Gasteiger partial charge in [0.25, 0.3) is 0 Å². The van der Waals surface area contributed by atoms with Crippen LogP contribution in [-0.4, -0.2) is 41.2 Å². The van der Waals surface area contributed by atoms with Crippen LogP contribution in [-0.2, 0) is 0 Å². The number of halogens is 13. The second-order valence-electron chi connectivity index (χ2n) is 7.27. The Morgan fingerprint density at radius 2 is 0.692 bits per heavy atom. The van der Waals surface area contributed by atoms with Gasteiger partial charge in [0.05, 0.1) is 5.92 Å². The maximum absolute atomic E-state index is 14.5. The maximum Gasteiger partial charge on any atom is 0.378 e. The SMILES string of the molecule is CC1(C)C2C(C(F)(F)C(F)(F)C1(C)F)C(F)(F)C(F)(F)C(F)(F)C2(F)F. The summed E-state index contributed by atoms with van der Waals surface area (Å²) in [5.41, 5.74) is -8.39. The topological polar surface area (TPSA) is 0 Å². The van der Waals surface area contributed by atoms with Gasteiger partial charge < -0.3 is 0 Å². The zero-order chi connectivity index (χ0) is 21.2. The fraction of sp³-hybridized carbons (Fsp3) is 1.00. The summed E-state index contributed by atoms with van der Waals surface area (Å²) in [5.74, 6) is -48.8. The van der Waals surface area contributed by atoms with Crippen LogP contribution in [0.5, 0.6) is 0 Å². The third-order valence-electron chi connectivity index (χ3n) is 5.73. The van der Waals surface area contributed by atoms with Crippen LogP contribution in [0.4, 0.5) is 57.1 Å². The van der Waals surface area contributed by atoms with Crippen LogP contribution in [0.25, 0.3) is 0 Å². The predicted octanol–water partition coefficient (Wildman–Crippen LogP) is 5.81. The van der Waals surface area contributed by atoms with Gasteiger partial charge in [-0.1, -0.05) is 13.8 Å². The van der Waals surface area contributed by atoms with E-state index in [1.54, 1.807) is 0 Å². The van der Waals surface area contributed by atoms with E-state index in [2.05, 4.69) is 0 Å². The van der Waals surface area contributed by atoms with Crippen LogP contribution in [0.3, 0.4) is 0 Å². The monoisotopic (exact) mass is 414 g/mol. The molecule has 154 valence electrons. The fourth-order valence-electron chi connectivity index (χ4n) is 3.74. The Morgan fingerprint density at radius 1 is 0.423 bits per heavy atom. The highest BCUT2D eigenvalue weighted by molar-refractivity contribution is 5.28. The first-order chi connectivity index (χ1) is 11.0. The van der Waals surface area contributed by atoms with E-state index in [1.165, 1.54) is 0 Å². The molecule has 0 nitrogen and oxygen atoms in total. The van der Waals surface area contributed by atoms with Crippen molar-refractivity contribution >= 4 is 0 Å². The summed E-state index contributed by atoms with van der Waals surface area (Å²) in [4.78, 5) is 0. The molecule has 3 atom stereocenters. The van der Waals surface area contributed by atoms with E-state index in [0.717, 1.165) is 0 Å². The molecule has 26 heavy (non-hydrogen) atoms. The summed E-state index contributed by atoms with van der Waals surface area (Å²) in [5, 5.41) is 0. The summed E-state index contributed by atoms with van der Waals surface area (Å²) in [6.45, 7) is -0.328. The lowest BCUT2D eigenvalue weighted by molar-refractivity contribution is -0.486. The number of hydrogen-bond acceptors (Lipinski definition) is 0. The average molecular weight is 414 g/mol. The molecule has 2 rings (SSSR count). The van der Waals surface area contributed by atoms with Gasteiger partial charge in [0.1, 0.15) is 5.92 Å². The minimum atomic E-state index is -7.09. The van der Waals surface area contributed by atoms with E-state index in [0.29, 0.717) is 0 Å². The zero-order valence-corrected chi connectivity index (χ0v) is 13.1. The highest BCUT2D eigenvalue weighted by Gasteiger charge is 2.98. The van der Waals surface area contributed by atoms with Crippen LogP contribution in [0.15, 0.2) is 0 Å². The molecule has 0 amide bonds. The smallest absolute Gasteiger partial charge is 0.237 e. The van der Waals surface area contributed by atoms with Crippen LogP contribution in [0.1, 0.15) is 20.8 Å². The van der Waals surface area contributed by atoms with Gasteiger partial charge >= 0.3 is 35.5 Å². The summed E-state index contributed by atoms with van der Waals surface area (Å²) in [7, 11) is 0. The molecule has 0 saturated heterocycles. The molecule has 0 aromatic heterocycles. The van der Waals surface area contributed by atoms with E-state index in [9.17, 15) is 57.1 Å². The second-order valence-corrected chi connectivity index (χ2v) is 7.27. The largest absolute Gasteiger partial charge is 0.378 e. The normalized spacial score (nSPS) is 43.4. The van der Waals surface area contributed by atoms with Crippen LogP contribution < -0.4 is 0 Å². The molecule has 0 bridgehead atoms. The Bertz CT molecular complexity index is 510. The van der Waals surface area contributed by atoms with E-state index in [1.807, 2.05) is 0 Å². The molecule has 0 N–H and O–H groups in total. The molecular weight excluding hydrogens is 403 g/mol. The Hall–Kier alpha value is -0.910. The highest BCUT2D eigenvalue weighted by atomic mass is 19.4. The van der Waals surface area contributed by atoms with Gasteiger partial charge in [-0.2, -0.15) is 52.7 Å². The summed E-state index contributed by atoms with van der Waals surface area (Å²) in [6, 6.07) is 0. The maximum atomic E-state index is 14.5. The Balaban J connectivity index is 2.99. The van der Waals surface area contributed by atoms with Crippen molar-refractivity contribution in [1.82, 2.24) is 0 Å². The molecule has 0 aliphatic heterocycles. The van der Waals surface area contributed by atoms with Crippen molar-refractivity contribution in [3.63, 3.8) is 0 Å². The lowest BCUT2D eigenvalue weighted by Crippen LogP contribution is -2.84. The molecular formula is C13H11F13. The van der Waals surface area contributed by atoms with E-state index >= 15 is 0 Å². The average Bonchev–Trinajstić information content (AvgIpc) is 2.39. The molecule has 0 radical (unpaired) electrons. The van der Waals surface area contributed by atoms with Crippen LogP contribution >= 0.6 is 0 Å². The fourth-order valence-corrected chi connectivity index (χ4v) is 3.74. The summed E-state index contributed by atoms with van der Waals surface area (Å²) >= 11 is 0. The first-order valence-corrected chi connectivity index (χ1v) is 6.94. The van der Waals surface area contributed by atoms with Gasteiger partial charge in [0.2, 0.25) is 0 Å². The van der Waals surface area contributed by atoms with Crippen molar-refractivity contribution in [2.24, 2.45) is 17.3 Å². The summed E-state index contributed by atoms with van der Waals surface area (Å²) in [6.07, 6.45) is 0. The van der Waals surface area contributed by atoms with Crippen LogP contribution in [0.2, 0.25) is 0 Å². The molecule has 2 aliphatic carbocycles. The van der Waals surface area contributed by atoms with Crippen molar-refractivity contribution < 1.29 is 57.1 Å². The zero-order valence-electron chi connectivity index (χ0n) is 13.1. The number of hydrogen-bond donors (Lipinski definition) is 0. The van der Waals surface area contributed by atoms with E-state index < -0.39 is 58.5 Å². The Labute approximate surface area is 137 Å². The highest BCUT2D eigenvalue weighted by Crippen LogP contribution is 2.76. The minimum absolute atomic E-state index is 0.0113. The first kappa shape index (κ1) is 21.4. The third kappa shape index (κ3) is 1.71. The van der Waals surface area contributed by atoms with Crippen LogP contribution in [0, 0.1) is 17.3 Å². The lowest BCUT2D eigenvalue weighted by Gasteiger charge is -2.63. The summed E-state index contributed by atoms with van der Waals surface area (Å²) < 4.78 is 180. The van der Waals surface area contributed by atoms with Crippen molar-refractivity contribution in [2.45, 2.75) is 62.0 Å². The van der Waals surface area contributed by atoms with Gasteiger partial charge in [-0.3, -0.25) is 0 Å². The van der Waals surface area contributed by atoms with Gasteiger partial charge in [0, 0.05) is 5.41 Å². The van der Waals surface area contributed by atoms with Crippen molar-refractivity contribution in [1.29, 1.82) is 0 Å². The predicted molar refractivity (Wildman–Crippen MR) is 60.0 cm³/mol. The molecule has 2 saturated carbocycles. The number of rotatable bonds is 0. The van der Waals surface area contributed by atoms with Crippen molar-refractivity contribution in [3.05, 3.63) is 0 Å². The third-order valence-corrected chi connectivity index (χ3v) is 5.73. The molecule has 13 heteroatoms. The number of fused-ring (bicyclic) bond motifs is 1. The van der Waals surface area contributed by atoms with Crippen molar-refractivity contribution in [2.75, 3.05) is 0 Å². The minimum Gasteiger partial charge on any atom is -0.237 e. The van der Waals surface area contributed by atoms with Gasteiger partial charge in [0.15, 0.2) is 5.67 Å². The van der Waals surface area contributed by atoms with E-state index in [4.69, 9.17) is 0 Å². The molecule has 0 aromatic carbocycles. The molecule has 0 heterocycles. The van der Waals surface area contributed by atoms with Crippen molar-refractivity contribution in [3.8, 4) is 0 Å². The quantitative estimate of drug-likeness (QED) is 0.439. The van der Waals surface area contributed by atoms with Gasteiger partial charge in [-0.25, -0.2) is 4.39 Å². The van der Waals surface area contributed by atoms with E-state index in [-0.39, 0.29) is 20.8 Å². The molecule has 0 aromatic rings.